The molecule has 2 aliphatic rings. The molecular weight excluding hydrogens is 436 g/mol. The zero-order chi connectivity index (χ0) is 19.8. The molecule has 28 heavy (non-hydrogen) atoms. The molecule has 0 unspecified atom stereocenters. The number of thioether (sulfide) groups is 1. The Hall–Kier alpha value is -2.64. The number of fused-ring (bicyclic) bond motifs is 1. The van der Waals surface area contributed by atoms with Gasteiger partial charge in [-0.3, -0.25) is 15.1 Å². The molecule has 0 bridgehead atoms. The molecule has 2 aromatic carbocycles. The number of hydrogen-bond donors (Lipinski definition) is 1. The van der Waals surface area contributed by atoms with E-state index in [4.69, 9.17) is 5.41 Å². The first kappa shape index (κ1) is 18.7. The molecule has 140 valence electrons. The van der Waals surface area contributed by atoms with Crippen LogP contribution >= 0.6 is 27.7 Å². The van der Waals surface area contributed by atoms with E-state index in [1.807, 2.05) is 72.9 Å². The zero-order valence-electron chi connectivity index (χ0n) is 15.3. The highest BCUT2D eigenvalue weighted by Gasteiger charge is 2.36. The molecule has 0 radical (unpaired) electrons. The number of anilines is 1. The molecule has 0 spiro atoms. The Bertz CT molecular complexity index is 1070. The molecule has 5 nitrogen and oxygen atoms in total. The maximum absolute atomic E-state index is 12.6. The highest BCUT2D eigenvalue weighted by Crippen LogP contribution is 2.37. The van der Waals surface area contributed by atoms with E-state index in [-0.39, 0.29) is 17.3 Å². The summed E-state index contributed by atoms with van der Waals surface area (Å²) in [6, 6.07) is 15.7. The second-order valence-electron chi connectivity index (χ2n) is 6.53. The number of nitrogens with one attached hydrogen (secondary N) is 1. The number of amides is 1. The summed E-state index contributed by atoms with van der Waals surface area (Å²) in [5, 5.41) is 11.1. The third kappa shape index (κ3) is 3.31. The van der Waals surface area contributed by atoms with Gasteiger partial charge in [0.05, 0.1) is 17.0 Å². The molecule has 2 heterocycles. The van der Waals surface area contributed by atoms with E-state index in [1.54, 1.807) is 11.0 Å². The third-order valence-electron chi connectivity index (χ3n) is 4.45. The fourth-order valence-corrected chi connectivity index (χ4v) is 4.70. The maximum atomic E-state index is 12.6. The second-order valence-corrected chi connectivity index (χ2v) is 8.22. The number of amidine groups is 2. The van der Waals surface area contributed by atoms with Crippen LogP contribution in [0.15, 0.2) is 69.0 Å². The Morgan fingerprint density at radius 3 is 2.61 bits per heavy atom. The Morgan fingerprint density at radius 2 is 1.93 bits per heavy atom. The predicted molar refractivity (Wildman–Crippen MR) is 120 cm³/mol. The summed E-state index contributed by atoms with van der Waals surface area (Å²) in [7, 11) is 3.94. The van der Waals surface area contributed by atoms with Crippen LogP contribution in [-0.4, -0.2) is 35.9 Å². The molecule has 2 aliphatic heterocycles. The minimum atomic E-state index is -0.390. The largest absolute Gasteiger partial charge is 0.377 e. The lowest BCUT2D eigenvalue weighted by molar-refractivity contribution is -0.114. The Kier molecular flexibility index (Phi) is 4.95. The summed E-state index contributed by atoms with van der Waals surface area (Å²) >= 11 is 4.93. The molecule has 0 saturated heterocycles. The normalized spacial score (nSPS) is 17.5. The number of hydrogen-bond acceptors (Lipinski definition) is 4. The van der Waals surface area contributed by atoms with Crippen LogP contribution in [0.1, 0.15) is 11.1 Å². The van der Waals surface area contributed by atoms with Crippen molar-refractivity contribution in [1.29, 1.82) is 5.41 Å². The summed E-state index contributed by atoms with van der Waals surface area (Å²) < 4.78 is 0.924. The van der Waals surface area contributed by atoms with E-state index in [1.165, 1.54) is 11.8 Å². The van der Waals surface area contributed by atoms with E-state index >= 15 is 0 Å². The van der Waals surface area contributed by atoms with Crippen LogP contribution in [0, 0.1) is 5.41 Å². The average Bonchev–Trinajstić information content (AvgIpc) is 3.09. The molecule has 0 aromatic heterocycles. The van der Waals surface area contributed by atoms with E-state index in [9.17, 15) is 4.79 Å². The number of carbonyl (C=O) groups is 1. The molecular formula is C21H17BrN4OS. The summed E-state index contributed by atoms with van der Waals surface area (Å²) in [4.78, 5) is 20.5. The molecule has 0 fully saturated rings. The Balaban J connectivity index is 1.71. The summed E-state index contributed by atoms with van der Waals surface area (Å²) in [6.07, 6.45) is 1.72. The number of rotatable bonds is 3. The number of benzene rings is 2. The van der Waals surface area contributed by atoms with Gasteiger partial charge in [0.15, 0.2) is 5.17 Å². The molecule has 4 rings (SSSR count). The van der Waals surface area contributed by atoms with E-state index < -0.39 is 0 Å². The van der Waals surface area contributed by atoms with Gasteiger partial charge in [0.25, 0.3) is 5.91 Å². The van der Waals surface area contributed by atoms with Crippen LogP contribution in [0.25, 0.3) is 11.8 Å². The van der Waals surface area contributed by atoms with Gasteiger partial charge in [0.1, 0.15) is 5.84 Å². The first-order chi connectivity index (χ1) is 13.5. The highest BCUT2D eigenvalue weighted by molar-refractivity contribution is 9.10. The monoisotopic (exact) mass is 452 g/mol. The van der Waals surface area contributed by atoms with Crippen LogP contribution < -0.4 is 4.90 Å². The van der Waals surface area contributed by atoms with Crippen molar-refractivity contribution < 1.29 is 4.79 Å². The quantitative estimate of drug-likeness (QED) is 0.678. The molecule has 0 atom stereocenters. The van der Waals surface area contributed by atoms with Crippen LogP contribution in [-0.2, 0) is 4.79 Å². The zero-order valence-corrected chi connectivity index (χ0v) is 17.7. The second kappa shape index (κ2) is 7.41. The van der Waals surface area contributed by atoms with Crippen molar-refractivity contribution in [2.45, 2.75) is 0 Å². The van der Waals surface area contributed by atoms with E-state index in [0.717, 1.165) is 27.0 Å². The lowest BCUT2D eigenvalue weighted by Crippen LogP contribution is -2.38. The molecule has 0 saturated carbocycles. The topological polar surface area (TPSA) is 59.8 Å². The van der Waals surface area contributed by atoms with Crippen LogP contribution in [0.5, 0.6) is 0 Å². The molecule has 2 aromatic rings. The molecule has 1 N–H and O–H groups in total. The smallest absolute Gasteiger partial charge is 0.283 e. The highest BCUT2D eigenvalue weighted by atomic mass is 79.9. The van der Waals surface area contributed by atoms with Crippen LogP contribution in [0.3, 0.4) is 0 Å². The van der Waals surface area contributed by atoms with Crippen molar-refractivity contribution in [3.05, 3.63) is 75.1 Å². The minimum absolute atomic E-state index is 0.142. The van der Waals surface area contributed by atoms with Crippen molar-refractivity contribution >= 4 is 62.1 Å². The van der Waals surface area contributed by atoms with Gasteiger partial charge >= 0.3 is 0 Å². The van der Waals surface area contributed by atoms with Crippen molar-refractivity contribution in [3.8, 4) is 0 Å². The SMILES string of the molecule is CN(C)c1ccc(C=C2C(=N)N3C(c4ccccc4)=CSC3=NC2=O)cc1Br. The summed E-state index contributed by atoms with van der Waals surface area (Å²) in [6.45, 7) is 0. The molecule has 7 heteroatoms. The number of nitrogens with zero attached hydrogens (tertiary/aromatic N) is 3. The van der Waals surface area contributed by atoms with Gasteiger partial charge in [0, 0.05) is 24.0 Å². The minimum Gasteiger partial charge on any atom is -0.377 e. The Labute approximate surface area is 176 Å². The van der Waals surface area contributed by atoms with Crippen LogP contribution in [0.4, 0.5) is 5.69 Å². The molecule has 0 aliphatic carbocycles. The van der Waals surface area contributed by atoms with Crippen molar-refractivity contribution in [2.75, 3.05) is 19.0 Å². The Morgan fingerprint density at radius 1 is 1.18 bits per heavy atom. The first-order valence-electron chi connectivity index (χ1n) is 8.58. The van der Waals surface area contributed by atoms with Crippen molar-refractivity contribution in [1.82, 2.24) is 4.90 Å². The van der Waals surface area contributed by atoms with Gasteiger partial charge in [-0.15, -0.1) is 0 Å². The standard InChI is InChI=1S/C21H17BrN4OS/c1-25(2)17-9-8-13(11-16(17)22)10-15-19(23)26-18(14-6-4-3-5-7-14)12-28-21(26)24-20(15)27/h3-12,23H,1-2H3. The van der Waals surface area contributed by atoms with Gasteiger partial charge < -0.3 is 4.90 Å². The number of aliphatic imine (C=N–C) groups is 1. The average molecular weight is 453 g/mol. The van der Waals surface area contributed by atoms with Gasteiger partial charge in [-0.25, -0.2) is 0 Å². The first-order valence-corrected chi connectivity index (χ1v) is 10.3. The lowest BCUT2D eigenvalue weighted by atomic mass is 10.1. The van der Waals surface area contributed by atoms with Crippen molar-refractivity contribution in [2.24, 2.45) is 4.99 Å². The van der Waals surface area contributed by atoms with E-state index in [2.05, 4.69) is 20.9 Å². The van der Waals surface area contributed by atoms with E-state index in [0.29, 0.717) is 5.17 Å². The van der Waals surface area contributed by atoms with Gasteiger partial charge in [-0.1, -0.05) is 48.2 Å². The maximum Gasteiger partial charge on any atom is 0.283 e. The summed E-state index contributed by atoms with van der Waals surface area (Å²) in [5.74, 6) is -0.248. The summed E-state index contributed by atoms with van der Waals surface area (Å²) in [5.41, 5.74) is 3.99. The van der Waals surface area contributed by atoms with Crippen molar-refractivity contribution in [3.63, 3.8) is 0 Å². The third-order valence-corrected chi connectivity index (χ3v) is 5.91. The molecule has 1 amide bonds. The predicted octanol–water partition coefficient (Wildman–Crippen LogP) is 4.82. The lowest BCUT2D eigenvalue weighted by Gasteiger charge is -2.27. The van der Waals surface area contributed by atoms with Crippen LogP contribution in [0.2, 0.25) is 0 Å². The fraction of sp³-hybridized carbons (Fsp3) is 0.0952. The fourth-order valence-electron chi connectivity index (χ4n) is 3.06. The number of carbonyl (C=O) groups excluding carboxylic acids is 1. The van der Waals surface area contributed by atoms with Gasteiger partial charge in [-0.05, 0) is 45.3 Å². The van der Waals surface area contributed by atoms with Gasteiger partial charge in [0.2, 0.25) is 0 Å². The van der Waals surface area contributed by atoms with Gasteiger partial charge in [-0.2, -0.15) is 4.99 Å². The number of halogens is 1.